The van der Waals surface area contributed by atoms with Crippen molar-refractivity contribution in [3.63, 3.8) is 0 Å². The Kier molecular flexibility index (Phi) is 4.03. The molecule has 2 aromatic rings. The number of rotatable bonds is 5. The summed E-state index contributed by atoms with van der Waals surface area (Å²) in [7, 11) is 1.43. The maximum absolute atomic E-state index is 11.0. The number of hydrogen-bond acceptors (Lipinski definition) is 3. The molecule has 4 nitrogen and oxygen atoms in total. The van der Waals surface area contributed by atoms with Crippen LogP contribution in [0.25, 0.3) is 0 Å². The SMILES string of the molecule is COc1cc(OCc2ccccc2)ccc1C(=O)O. The normalized spacial score (nSPS) is 9.95. The summed E-state index contributed by atoms with van der Waals surface area (Å²) in [6.45, 7) is 0.427. The molecule has 4 heteroatoms. The van der Waals surface area contributed by atoms with Gasteiger partial charge in [0.1, 0.15) is 23.7 Å². The molecular weight excluding hydrogens is 244 g/mol. The van der Waals surface area contributed by atoms with Crippen LogP contribution in [0.15, 0.2) is 48.5 Å². The molecule has 0 radical (unpaired) electrons. The first-order valence-corrected chi connectivity index (χ1v) is 5.79. The summed E-state index contributed by atoms with van der Waals surface area (Å²) in [5, 5.41) is 8.97. The Labute approximate surface area is 111 Å². The van der Waals surface area contributed by atoms with Gasteiger partial charge in [0.25, 0.3) is 0 Å². The van der Waals surface area contributed by atoms with Crippen LogP contribution < -0.4 is 9.47 Å². The predicted molar refractivity (Wildman–Crippen MR) is 70.7 cm³/mol. The molecule has 1 N–H and O–H groups in total. The van der Waals surface area contributed by atoms with Gasteiger partial charge in [-0.1, -0.05) is 30.3 Å². The predicted octanol–water partition coefficient (Wildman–Crippen LogP) is 2.97. The minimum atomic E-state index is -1.02. The molecule has 0 amide bonds. The molecule has 0 atom stereocenters. The number of carboxylic acid groups (broad SMARTS) is 1. The second-order valence-corrected chi connectivity index (χ2v) is 3.94. The van der Waals surface area contributed by atoms with E-state index in [1.54, 1.807) is 12.1 Å². The number of methoxy groups -OCH3 is 1. The Balaban J connectivity index is 2.11. The second kappa shape index (κ2) is 5.91. The van der Waals surface area contributed by atoms with Crippen molar-refractivity contribution in [2.24, 2.45) is 0 Å². The minimum Gasteiger partial charge on any atom is -0.496 e. The molecule has 0 aliphatic rings. The summed E-state index contributed by atoms with van der Waals surface area (Å²) >= 11 is 0. The first-order valence-electron chi connectivity index (χ1n) is 5.79. The van der Waals surface area contributed by atoms with E-state index in [-0.39, 0.29) is 11.3 Å². The van der Waals surface area contributed by atoms with Gasteiger partial charge in [0.15, 0.2) is 0 Å². The Bertz CT molecular complexity index is 564. The molecule has 0 unspecified atom stereocenters. The maximum atomic E-state index is 11.0. The van der Waals surface area contributed by atoms with E-state index >= 15 is 0 Å². The molecule has 0 spiro atoms. The van der Waals surface area contributed by atoms with Crippen LogP contribution in [-0.2, 0) is 6.61 Å². The lowest BCUT2D eigenvalue weighted by Gasteiger charge is -2.09. The molecule has 0 heterocycles. The number of hydrogen-bond donors (Lipinski definition) is 1. The van der Waals surface area contributed by atoms with E-state index in [9.17, 15) is 4.79 Å². The van der Waals surface area contributed by atoms with E-state index in [2.05, 4.69) is 0 Å². The van der Waals surface area contributed by atoms with Crippen molar-refractivity contribution in [2.75, 3.05) is 7.11 Å². The summed E-state index contributed by atoms with van der Waals surface area (Å²) in [4.78, 5) is 11.0. The minimum absolute atomic E-state index is 0.120. The summed E-state index contributed by atoms with van der Waals surface area (Å²) in [6.07, 6.45) is 0. The van der Waals surface area contributed by atoms with E-state index in [0.717, 1.165) is 5.56 Å². The summed E-state index contributed by atoms with van der Waals surface area (Å²) in [6, 6.07) is 14.4. The van der Waals surface area contributed by atoms with Crippen LogP contribution >= 0.6 is 0 Å². The number of carbonyl (C=O) groups is 1. The fourth-order valence-electron chi connectivity index (χ4n) is 1.68. The average Bonchev–Trinajstić information content (AvgIpc) is 2.45. The van der Waals surface area contributed by atoms with E-state index < -0.39 is 5.97 Å². The highest BCUT2D eigenvalue weighted by molar-refractivity contribution is 5.91. The topological polar surface area (TPSA) is 55.8 Å². The number of ether oxygens (including phenoxy) is 2. The Hall–Kier alpha value is -2.49. The van der Waals surface area contributed by atoms with Gasteiger partial charge in [-0.05, 0) is 17.7 Å². The number of benzene rings is 2. The Morgan fingerprint density at radius 2 is 1.89 bits per heavy atom. The van der Waals surface area contributed by atoms with Gasteiger partial charge in [-0.3, -0.25) is 0 Å². The fraction of sp³-hybridized carbons (Fsp3) is 0.133. The first kappa shape index (κ1) is 13.0. The van der Waals surface area contributed by atoms with Crippen LogP contribution in [-0.4, -0.2) is 18.2 Å². The van der Waals surface area contributed by atoms with Crippen LogP contribution in [0.1, 0.15) is 15.9 Å². The van der Waals surface area contributed by atoms with Crippen molar-refractivity contribution in [1.29, 1.82) is 0 Å². The molecule has 0 bridgehead atoms. The monoisotopic (exact) mass is 258 g/mol. The molecule has 2 aromatic carbocycles. The lowest BCUT2D eigenvalue weighted by molar-refractivity contribution is 0.0693. The molecule has 0 fully saturated rings. The molecule has 0 aliphatic carbocycles. The third kappa shape index (κ3) is 3.25. The van der Waals surface area contributed by atoms with Crippen molar-refractivity contribution >= 4 is 5.97 Å². The van der Waals surface area contributed by atoms with Gasteiger partial charge in [0.05, 0.1) is 7.11 Å². The van der Waals surface area contributed by atoms with E-state index in [4.69, 9.17) is 14.6 Å². The lowest BCUT2D eigenvalue weighted by atomic mass is 10.2. The smallest absolute Gasteiger partial charge is 0.339 e. The van der Waals surface area contributed by atoms with Gasteiger partial charge in [-0.15, -0.1) is 0 Å². The first-order chi connectivity index (χ1) is 9.20. The highest BCUT2D eigenvalue weighted by Gasteiger charge is 2.11. The van der Waals surface area contributed by atoms with Crippen molar-refractivity contribution < 1.29 is 19.4 Å². The Morgan fingerprint density at radius 3 is 2.53 bits per heavy atom. The molecular formula is C15H14O4. The van der Waals surface area contributed by atoms with Crippen LogP contribution in [0.5, 0.6) is 11.5 Å². The molecule has 98 valence electrons. The lowest BCUT2D eigenvalue weighted by Crippen LogP contribution is -2.01. The van der Waals surface area contributed by atoms with E-state index in [0.29, 0.717) is 12.4 Å². The van der Waals surface area contributed by atoms with E-state index in [1.165, 1.54) is 13.2 Å². The zero-order valence-corrected chi connectivity index (χ0v) is 10.5. The molecule has 0 saturated carbocycles. The van der Waals surface area contributed by atoms with Gasteiger partial charge in [0.2, 0.25) is 0 Å². The molecule has 0 aromatic heterocycles. The summed E-state index contributed by atoms with van der Waals surface area (Å²) < 4.78 is 10.6. The highest BCUT2D eigenvalue weighted by atomic mass is 16.5. The largest absolute Gasteiger partial charge is 0.496 e. The molecule has 2 rings (SSSR count). The number of aromatic carboxylic acids is 1. The van der Waals surface area contributed by atoms with Gasteiger partial charge in [-0.25, -0.2) is 4.79 Å². The molecule has 19 heavy (non-hydrogen) atoms. The average molecular weight is 258 g/mol. The zero-order valence-electron chi connectivity index (χ0n) is 10.5. The third-order valence-electron chi connectivity index (χ3n) is 2.65. The molecule has 0 saturated heterocycles. The maximum Gasteiger partial charge on any atom is 0.339 e. The van der Waals surface area contributed by atoms with Crippen molar-refractivity contribution in [2.45, 2.75) is 6.61 Å². The fourth-order valence-corrected chi connectivity index (χ4v) is 1.68. The van der Waals surface area contributed by atoms with Crippen LogP contribution in [0.4, 0.5) is 0 Å². The van der Waals surface area contributed by atoms with Crippen molar-refractivity contribution in [1.82, 2.24) is 0 Å². The molecule has 0 aliphatic heterocycles. The van der Waals surface area contributed by atoms with E-state index in [1.807, 2.05) is 30.3 Å². The van der Waals surface area contributed by atoms with Crippen LogP contribution in [0.3, 0.4) is 0 Å². The van der Waals surface area contributed by atoms with Gasteiger partial charge in [0, 0.05) is 6.07 Å². The second-order valence-electron chi connectivity index (χ2n) is 3.94. The van der Waals surface area contributed by atoms with Gasteiger partial charge < -0.3 is 14.6 Å². The van der Waals surface area contributed by atoms with Gasteiger partial charge in [-0.2, -0.15) is 0 Å². The number of carboxylic acids is 1. The summed E-state index contributed by atoms with van der Waals surface area (Å²) in [5.74, 6) is -0.157. The van der Waals surface area contributed by atoms with Crippen molar-refractivity contribution in [3.8, 4) is 11.5 Å². The van der Waals surface area contributed by atoms with Gasteiger partial charge >= 0.3 is 5.97 Å². The van der Waals surface area contributed by atoms with Crippen molar-refractivity contribution in [3.05, 3.63) is 59.7 Å². The highest BCUT2D eigenvalue weighted by Crippen LogP contribution is 2.25. The van der Waals surface area contributed by atoms with Crippen LogP contribution in [0.2, 0.25) is 0 Å². The standard InChI is InChI=1S/C15H14O4/c1-18-14-9-12(7-8-13(14)15(16)17)19-10-11-5-3-2-4-6-11/h2-9H,10H2,1H3,(H,16,17). The van der Waals surface area contributed by atoms with Crippen LogP contribution in [0, 0.1) is 0 Å². The zero-order chi connectivity index (χ0) is 13.7. The quantitative estimate of drug-likeness (QED) is 0.895. The Morgan fingerprint density at radius 1 is 1.16 bits per heavy atom. The third-order valence-corrected chi connectivity index (χ3v) is 2.65. The summed E-state index contributed by atoms with van der Waals surface area (Å²) in [5.41, 5.74) is 1.17.